The summed E-state index contributed by atoms with van der Waals surface area (Å²) in [6.07, 6.45) is 2.80. The van der Waals surface area contributed by atoms with Crippen molar-refractivity contribution in [3.63, 3.8) is 0 Å². The van der Waals surface area contributed by atoms with Gasteiger partial charge < -0.3 is 14.8 Å². The van der Waals surface area contributed by atoms with Crippen molar-refractivity contribution in [3.05, 3.63) is 53.7 Å². The summed E-state index contributed by atoms with van der Waals surface area (Å²) in [5.41, 5.74) is 3.66. The van der Waals surface area contributed by atoms with E-state index >= 15 is 0 Å². The molecule has 27 heavy (non-hydrogen) atoms. The Kier molecular flexibility index (Phi) is 5.77. The van der Waals surface area contributed by atoms with Crippen LogP contribution in [0, 0.1) is 0 Å². The highest BCUT2D eigenvalue weighted by Crippen LogP contribution is 2.19. The van der Waals surface area contributed by atoms with Gasteiger partial charge in [0.1, 0.15) is 0 Å². The topological polar surface area (TPSA) is 63.7 Å². The van der Waals surface area contributed by atoms with Crippen molar-refractivity contribution in [2.75, 3.05) is 39.5 Å². The first-order chi connectivity index (χ1) is 13.3. The fourth-order valence-electron chi connectivity index (χ4n) is 3.44. The van der Waals surface area contributed by atoms with E-state index in [0.717, 1.165) is 50.5 Å². The van der Waals surface area contributed by atoms with Crippen molar-refractivity contribution in [2.24, 2.45) is 0 Å². The van der Waals surface area contributed by atoms with E-state index in [-0.39, 0.29) is 11.9 Å². The van der Waals surface area contributed by atoms with Crippen molar-refractivity contribution in [3.8, 4) is 11.3 Å². The summed E-state index contributed by atoms with van der Waals surface area (Å²) in [7, 11) is 0. The Morgan fingerprint density at radius 2 is 2.04 bits per heavy atom. The van der Waals surface area contributed by atoms with E-state index < -0.39 is 0 Å². The summed E-state index contributed by atoms with van der Waals surface area (Å²) in [4.78, 5) is 19.4. The summed E-state index contributed by atoms with van der Waals surface area (Å²) in [6, 6.07) is 11.9. The molecule has 2 aliphatic heterocycles. The lowest BCUT2D eigenvalue weighted by Gasteiger charge is -2.26. The van der Waals surface area contributed by atoms with E-state index in [9.17, 15) is 4.79 Å². The molecule has 0 aliphatic carbocycles. The largest absolute Gasteiger partial charge is 0.379 e. The third-order valence-electron chi connectivity index (χ3n) is 5.02. The van der Waals surface area contributed by atoms with E-state index in [2.05, 4.69) is 21.3 Å². The highest BCUT2D eigenvalue weighted by molar-refractivity contribution is 5.95. The van der Waals surface area contributed by atoms with Gasteiger partial charge in [-0.25, -0.2) is 0 Å². The molecule has 0 bridgehead atoms. The maximum Gasteiger partial charge on any atom is 0.251 e. The molecule has 3 heterocycles. The molecule has 2 saturated heterocycles. The van der Waals surface area contributed by atoms with Crippen LogP contribution in [0.1, 0.15) is 22.3 Å². The van der Waals surface area contributed by atoms with Gasteiger partial charge in [0, 0.05) is 43.6 Å². The Bertz CT molecular complexity index is 766. The number of aromatic nitrogens is 1. The molecule has 6 heteroatoms. The highest BCUT2D eigenvalue weighted by atomic mass is 16.5. The zero-order valence-electron chi connectivity index (χ0n) is 15.4. The minimum Gasteiger partial charge on any atom is -0.379 e. The van der Waals surface area contributed by atoms with Gasteiger partial charge >= 0.3 is 0 Å². The average molecular weight is 367 g/mol. The molecule has 1 aromatic heterocycles. The number of hydrogen-bond donors (Lipinski definition) is 1. The van der Waals surface area contributed by atoms with E-state index in [0.29, 0.717) is 18.8 Å². The minimum atomic E-state index is -0.0590. The van der Waals surface area contributed by atoms with Gasteiger partial charge in [0.25, 0.3) is 5.91 Å². The SMILES string of the molecule is O=C(N[C@H]1CCOC1)c1cccc(-c2ccc(CN3CCOCC3)cn2)c1. The summed E-state index contributed by atoms with van der Waals surface area (Å²) < 4.78 is 10.7. The number of carbonyl (C=O) groups excluding carboxylic acids is 1. The summed E-state index contributed by atoms with van der Waals surface area (Å²) >= 11 is 0. The zero-order valence-corrected chi connectivity index (χ0v) is 15.4. The van der Waals surface area contributed by atoms with Gasteiger partial charge in [-0.3, -0.25) is 14.7 Å². The van der Waals surface area contributed by atoms with Crippen LogP contribution >= 0.6 is 0 Å². The van der Waals surface area contributed by atoms with E-state index in [4.69, 9.17) is 9.47 Å². The second-order valence-electron chi connectivity index (χ2n) is 7.05. The third kappa shape index (κ3) is 4.71. The molecule has 6 nitrogen and oxygen atoms in total. The van der Waals surface area contributed by atoms with Crippen LogP contribution < -0.4 is 5.32 Å². The molecule has 1 amide bonds. The Balaban J connectivity index is 1.42. The summed E-state index contributed by atoms with van der Waals surface area (Å²) in [6.45, 7) is 5.72. The second-order valence-corrected chi connectivity index (χ2v) is 7.05. The Hall–Kier alpha value is -2.28. The third-order valence-corrected chi connectivity index (χ3v) is 5.02. The maximum atomic E-state index is 12.5. The van der Waals surface area contributed by atoms with E-state index in [1.807, 2.05) is 36.5 Å². The first-order valence-electron chi connectivity index (χ1n) is 9.52. The number of amides is 1. The first kappa shape index (κ1) is 18.1. The number of nitrogens with one attached hydrogen (secondary N) is 1. The first-order valence-corrected chi connectivity index (χ1v) is 9.52. The number of pyridine rings is 1. The summed E-state index contributed by atoms with van der Waals surface area (Å²) in [5, 5.41) is 3.03. The molecular weight excluding hydrogens is 342 g/mol. The lowest BCUT2D eigenvalue weighted by Crippen LogP contribution is -2.35. The molecule has 0 spiro atoms. The van der Waals surface area contributed by atoms with Crippen LogP contribution in [0.5, 0.6) is 0 Å². The lowest BCUT2D eigenvalue weighted by atomic mass is 10.1. The fraction of sp³-hybridized carbons (Fsp3) is 0.429. The van der Waals surface area contributed by atoms with Crippen molar-refractivity contribution < 1.29 is 14.3 Å². The number of ether oxygens (including phenoxy) is 2. The molecule has 0 radical (unpaired) electrons. The standard InChI is InChI=1S/C21H25N3O3/c25-21(23-19-6-9-27-15-19)18-3-1-2-17(12-18)20-5-4-16(13-22-20)14-24-7-10-26-11-8-24/h1-5,12-13,19H,6-11,14-15H2,(H,23,25)/t19-/m0/s1. The van der Waals surface area contributed by atoms with Crippen molar-refractivity contribution in [2.45, 2.75) is 19.0 Å². The van der Waals surface area contributed by atoms with Crippen molar-refractivity contribution >= 4 is 5.91 Å². The zero-order chi connectivity index (χ0) is 18.5. The van der Waals surface area contributed by atoms with Crippen LogP contribution in [0.2, 0.25) is 0 Å². The molecule has 1 N–H and O–H groups in total. The Morgan fingerprint density at radius 1 is 1.15 bits per heavy atom. The average Bonchev–Trinajstić information content (AvgIpc) is 3.22. The molecule has 0 saturated carbocycles. The molecule has 1 atom stereocenters. The normalized spacial score (nSPS) is 20.5. The van der Waals surface area contributed by atoms with Crippen molar-refractivity contribution in [1.29, 1.82) is 0 Å². The molecule has 2 aromatic rings. The van der Waals surface area contributed by atoms with Crippen molar-refractivity contribution in [1.82, 2.24) is 15.2 Å². The molecule has 1 aromatic carbocycles. The number of hydrogen-bond acceptors (Lipinski definition) is 5. The van der Waals surface area contributed by atoms with Gasteiger partial charge in [0.05, 0.1) is 31.6 Å². The maximum absolute atomic E-state index is 12.5. The lowest BCUT2D eigenvalue weighted by molar-refractivity contribution is 0.0341. The Labute approximate surface area is 159 Å². The van der Waals surface area contributed by atoms with Crippen LogP contribution in [0.15, 0.2) is 42.6 Å². The van der Waals surface area contributed by atoms with Crippen LogP contribution in [0.3, 0.4) is 0 Å². The van der Waals surface area contributed by atoms with Gasteiger partial charge in [0.2, 0.25) is 0 Å². The molecule has 0 unspecified atom stereocenters. The van der Waals surface area contributed by atoms with Crippen LogP contribution in [-0.2, 0) is 16.0 Å². The number of carbonyl (C=O) groups is 1. The minimum absolute atomic E-state index is 0.0590. The fourth-order valence-corrected chi connectivity index (χ4v) is 3.44. The molecule has 4 rings (SSSR count). The van der Waals surface area contributed by atoms with Gasteiger partial charge in [-0.1, -0.05) is 18.2 Å². The smallest absolute Gasteiger partial charge is 0.251 e. The quantitative estimate of drug-likeness (QED) is 0.877. The Morgan fingerprint density at radius 3 is 2.78 bits per heavy atom. The van der Waals surface area contributed by atoms with Crippen LogP contribution in [0.4, 0.5) is 0 Å². The number of nitrogens with zero attached hydrogens (tertiary/aromatic N) is 2. The summed E-state index contributed by atoms with van der Waals surface area (Å²) in [5.74, 6) is -0.0590. The van der Waals surface area contributed by atoms with Crippen LogP contribution in [-0.4, -0.2) is 61.3 Å². The van der Waals surface area contributed by atoms with E-state index in [1.165, 1.54) is 5.56 Å². The highest BCUT2D eigenvalue weighted by Gasteiger charge is 2.19. The molecule has 2 aliphatic rings. The van der Waals surface area contributed by atoms with Gasteiger partial charge in [-0.05, 0) is 30.2 Å². The predicted octanol–water partition coefficient (Wildman–Crippen LogP) is 2.10. The second kappa shape index (κ2) is 8.61. The molecule has 2 fully saturated rings. The monoisotopic (exact) mass is 367 g/mol. The van der Waals surface area contributed by atoms with Gasteiger partial charge in [-0.15, -0.1) is 0 Å². The number of rotatable bonds is 5. The van der Waals surface area contributed by atoms with Gasteiger partial charge in [-0.2, -0.15) is 0 Å². The van der Waals surface area contributed by atoms with E-state index in [1.54, 1.807) is 0 Å². The number of morpholine rings is 1. The van der Waals surface area contributed by atoms with Crippen LogP contribution in [0.25, 0.3) is 11.3 Å². The predicted molar refractivity (Wildman–Crippen MR) is 102 cm³/mol. The van der Waals surface area contributed by atoms with Gasteiger partial charge in [0.15, 0.2) is 0 Å². The molecular formula is C21H25N3O3. The number of benzene rings is 1. The molecule has 142 valence electrons.